The van der Waals surface area contributed by atoms with Crippen LogP contribution in [0.5, 0.6) is 5.75 Å². The van der Waals surface area contributed by atoms with Crippen LogP contribution in [0.2, 0.25) is 0 Å². The predicted molar refractivity (Wildman–Crippen MR) is 79.0 cm³/mol. The van der Waals surface area contributed by atoms with E-state index in [2.05, 4.69) is 31.1 Å². The SMILES string of the molecule is Cc1cc(CCN)cc(C)c1OCc1c(C)noc1C. The Bertz CT molecular complexity index is 560. The van der Waals surface area contributed by atoms with E-state index in [4.69, 9.17) is 15.0 Å². The van der Waals surface area contributed by atoms with Gasteiger partial charge in [0.15, 0.2) is 0 Å². The number of hydrogen-bond acceptors (Lipinski definition) is 4. The van der Waals surface area contributed by atoms with Gasteiger partial charge in [0, 0.05) is 0 Å². The van der Waals surface area contributed by atoms with E-state index in [1.54, 1.807) is 0 Å². The van der Waals surface area contributed by atoms with Crippen molar-refractivity contribution in [3.05, 3.63) is 45.8 Å². The Balaban J connectivity index is 2.18. The number of benzene rings is 1. The summed E-state index contributed by atoms with van der Waals surface area (Å²) < 4.78 is 11.1. The summed E-state index contributed by atoms with van der Waals surface area (Å²) in [6, 6.07) is 4.28. The van der Waals surface area contributed by atoms with Crippen molar-refractivity contribution in [2.45, 2.75) is 40.7 Å². The molecule has 0 saturated heterocycles. The van der Waals surface area contributed by atoms with Crippen molar-refractivity contribution in [1.82, 2.24) is 5.16 Å². The van der Waals surface area contributed by atoms with Crippen molar-refractivity contribution in [3.8, 4) is 5.75 Å². The quantitative estimate of drug-likeness (QED) is 0.910. The molecular formula is C16H22N2O2. The minimum absolute atomic E-state index is 0.485. The molecule has 4 nitrogen and oxygen atoms in total. The number of nitrogens with two attached hydrogens (primary N) is 1. The molecule has 0 amide bonds. The Morgan fingerprint density at radius 1 is 1.15 bits per heavy atom. The van der Waals surface area contributed by atoms with Crippen LogP contribution in [-0.2, 0) is 13.0 Å². The highest BCUT2D eigenvalue weighted by atomic mass is 16.5. The molecule has 2 rings (SSSR count). The van der Waals surface area contributed by atoms with Gasteiger partial charge in [-0.3, -0.25) is 0 Å². The van der Waals surface area contributed by atoms with Gasteiger partial charge in [-0.05, 0) is 57.4 Å². The van der Waals surface area contributed by atoms with E-state index in [1.165, 1.54) is 5.56 Å². The minimum Gasteiger partial charge on any atom is -0.488 e. The second-order valence-corrected chi connectivity index (χ2v) is 5.19. The molecule has 0 saturated carbocycles. The van der Waals surface area contributed by atoms with Gasteiger partial charge in [0.1, 0.15) is 18.1 Å². The van der Waals surface area contributed by atoms with E-state index in [0.717, 1.165) is 40.3 Å². The maximum atomic E-state index is 5.98. The summed E-state index contributed by atoms with van der Waals surface area (Å²) in [7, 11) is 0. The first-order chi connectivity index (χ1) is 9.52. The molecule has 0 fully saturated rings. The first-order valence-corrected chi connectivity index (χ1v) is 6.87. The van der Waals surface area contributed by atoms with Crippen LogP contribution in [0.4, 0.5) is 0 Å². The fourth-order valence-corrected chi connectivity index (χ4v) is 2.43. The van der Waals surface area contributed by atoms with E-state index in [1.807, 2.05) is 13.8 Å². The highest BCUT2D eigenvalue weighted by Crippen LogP contribution is 2.26. The van der Waals surface area contributed by atoms with Gasteiger partial charge >= 0.3 is 0 Å². The zero-order valence-electron chi connectivity index (χ0n) is 12.6. The molecule has 4 heteroatoms. The molecule has 2 aromatic rings. The molecule has 0 atom stereocenters. The third kappa shape index (κ3) is 3.02. The summed E-state index contributed by atoms with van der Waals surface area (Å²) in [4.78, 5) is 0. The van der Waals surface area contributed by atoms with Crippen molar-refractivity contribution in [2.75, 3.05) is 6.54 Å². The summed E-state index contributed by atoms with van der Waals surface area (Å²) in [5.41, 5.74) is 11.1. The molecule has 1 aromatic heterocycles. The maximum Gasteiger partial charge on any atom is 0.140 e. The van der Waals surface area contributed by atoms with E-state index in [-0.39, 0.29) is 0 Å². The molecule has 0 aliphatic carbocycles. The van der Waals surface area contributed by atoms with Crippen LogP contribution < -0.4 is 10.5 Å². The Labute approximate surface area is 119 Å². The second kappa shape index (κ2) is 6.09. The fraction of sp³-hybridized carbons (Fsp3) is 0.438. The lowest BCUT2D eigenvalue weighted by molar-refractivity contribution is 0.297. The predicted octanol–water partition coefficient (Wildman–Crippen LogP) is 2.99. The average molecular weight is 274 g/mol. The van der Waals surface area contributed by atoms with Crippen molar-refractivity contribution < 1.29 is 9.26 Å². The number of aromatic nitrogens is 1. The molecule has 0 bridgehead atoms. The van der Waals surface area contributed by atoms with Crippen LogP contribution in [0.3, 0.4) is 0 Å². The molecule has 1 aromatic carbocycles. The Hall–Kier alpha value is -1.81. The molecule has 1 heterocycles. The summed E-state index contributed by atoms with van der Waals surface area (Å²) in [5, 5.41) is 3.94. The molecular weight excluding hydrogens is 252 g/mol. The number of aryl methyl sites for hydroxylation is 4. The van der Waals surface area contributed by atoms with E-state index >= 15 is 0 Å². The molecule has 0 spiro atoms. The molecule has 0 aliphatic heterocycles. The van der Waals surface area contributed by atoms with Crippen LogP contribution in [0.15, 0.2) is 16.7 Å². The van der Waals surface area contributed by atoms with Crippen LogP contribution >= 0.6 is 0 Å². The van der Waals surface area contributed by atoms with E-state index < -0.39 is 0 Å². The third-order valence-corrected chi connectivity index (χ3v) is 3.50. The summed E-state index contributed by atoms with van der Waals surface area (Å²) in [6.45, 7) is 9.12. The topological polar surface area (TPSA) is 61.3 Å². The molecule has 108 valence electrons. The van der Waals surface area contributed by atoms with Gasteiger partial charge in [0.25, 0.3) is 0 Å². The molecule has 0 radical (unpaired) electrons. The van der Waals surface area contributed by atoms with Gasteiger partial charge in [-0.25, -0.2) is 0 Å². The summed E-state index contributed by atoms with van der Waals surface area (Å²) in [6.07, 6.45) is 0.895. The second-order valence-electron chi connectivity index (χ2n) is 5.19. The van der Waals surface area contributed by atoms with Gasteiger partial charge in [0.05, 0.1) is 11.3 Å². The van der Waals surface area contributed by atoms with Crippen LogP contribution in [0.25, 0.3) is 0 Å². The normalized spacial score (nSPS) is 10.8. The number of ether oxygens (including phenoxy) is 1. The van der Waals surface area contributed by atoms with Crippen molar-refractivity contribution >= 4 is 0 Å². The highest BCUT2D eigenvalue weighted by Gasteiger charge is 2.12. The van der Waals surface area contributed by atoms with Crippen LogP contribution in [-0.4, -0.2) is 11.7 Å². The van der Waals surface area contributed by atoms with Crippen molar-refractivity contribution in [2.24, 2.45) is 5.73 Å². The maximum absolute atomic E-state index is 5.98. The minimum atomic E-state index is 0.485. The van der Waals surface area contributed by atoms with Crippen molar-refractivity contribution in [3.63, 3.8) is 0 Å². The lowest BCUT2D eigenvalue weighted by Gasteiger charge is -2.14. The third-order valence-electron chi connectivity index (χ3n) is 3.50. The summed E-state index contributed by atoms with van der Waals surface area (Å²) in [5.74, 6) is 1.75. The van der Waals surface area contributed by atoms with Gasteiger partial charge < -0.3 is 15.0 Å². The first-order valence-electron chi connectivity index (χ1n) is 6.87. The number of nitrogens with zero attached hydrogens (tertiary/aromatic N) is 1. The number of rotatable bonds is 5. The standard InChI is InChI=1S/C16H22N2O2/c1-10-7-14(5-6-17)8-11(2)16(10)19-9-15-12(3)18-20-13(15)4/h7-8H,5-6,9,17H2,1-4H3. The summed E-state index contributed by atoms with van der Waals surface area (Å²) >= 11 is 0. The zero-order chi connectivity index (χ0) is 14.7. The Morgan fingerprint density at radius 2 is 1.80 bits per heavy atom. The van der Waals surface area contributed by atoms with Crippen molar-refractivity contribution in [1.29, 1.82) is 0 Å². The van der Waals surface area contributed by atoms with Gasteiger partial charge in [-0.15, -0.1) is 0 Å². The van der Waals surface area contributed by atoms with E-state index in [9.17, 15) is 0 Å². The smallest absolute Gasteiger partial charge is 0.140 e. The van der Waals surface area contributed by atoms with Crippen LogP contribution in [0.1, 0.15) is 33.7 Å². The molecule has 0 aliphatic rings. The molecule has 2 N–H and O–H groups in total. The zero-order valence-corrected chi connectivity index (χ0v) is 12.6. The van der Waals surface area contributed by atoms with E-state index in [0.29, 0.717) is 13.2 Å². The van der Waals surface area contributed by atoms with Gasteiger partial charge in [0.2, 0.25) is 0 Å². The Morgan fingerprint density at radius 3 is 2.30 bits per heavy atom. The lowest BCUT2D eigenvalue weighted by Crippen LogP contribution is -2.05. The Kier molecular flexibility index (Phi) is 4.45. The lowest BCUT2D eigenvalue weighted by atomic mass is 10.0. The fourth-order valence-electron chi connectivity index (χ4n) is 2.43. The highest BCUT2D eigenvalue weighted by molar-refractivity contribution is 5.43. The van der Waals surface area contributed by atoms with Gasteiger partial charge in [-0.2, -0.15) is 0 Å². The number of hydrogen-bond donors (Lipinski definition) is 1. The monoisotopic (exact) mass is 274 g/mol. The largest absolute Gasteiger partial charge is 0.488 e. The first kappa shape index (κ1) is 14.6. The molecule has 20 heavy (non-hydrogen) atoms. The average Bonchev–Trinajstić information content (AvgIpc) is 2.69. The molecule has 0 unspecified atom stereocenters. The van der Waals surface area contributed by atoms with Gasteiger partial charge in [-0.1, -0.05) is 17.3 Å². The van der Waals surface area contributed by atoms with Crippen LogP contribution in [0, 0.1) is 27.7 Å².